The Morgan fingerprint density at radius 3 is 2.70 bits per heavy atom. The molecule has 0 radical (unpaired) electrons. The van der Waals surface area contributed by atoms with Gasteiger partial charge in [-0.15, -0.1) is 0 Å². The maximum atomic E-state index is 11.0. The fourth-order valence-electron chi connectivity index (χ4n) is 3.15. The maximum absolute atomic E-state index is 11.0. The molecule has 1 unspecified atom stereocenters. The van der Waals surface area contributed by atoms with Crippen molar-refractivity contribution in [3.63, 3.8) is 0 Å². The van der Waals surface area contributed by atoms with Crippen LogP contribution in [-0.4, -0.2) is 11.5 Å². The lowest BCUT2D eigenvalue weighted by molar-refractivity contribution is -0.385. The lowest BCUT2D eigenvalue weighted by Crippen LogP contribution is -2.28. The minimum Gasteiger partial charge on any atom is -0.310 e. The highest BCUT2D eigenvalue weighted by atomic mass is 16.6. The van der Waals surface area contributed by atoms with E-state index in [0.717, 1.165) is 23.6 Å². The molecule has 3 rings (SSSR count). The summed E-state index contributed by atoms with van der Waals surface area (Å²) < 4.78 is 0. The maximum Gasteiger partial charge on any atom is 0.272 e. The van der Waals surface area contributed by atoms with E-state index < -0.39 is 0 Å². The zero-order valence-electron chi connectivity index (χ0n) is 12.2. The van der Waals surface area contributed by atoms with Crippen LogP contribution >= 0.6 is 0 Å². The average Bonchev–Trinajstić information content (AvgIpc) is 3.27. The minimum atomic E-state index is -0.294. The topological polar surface area (TPSA) is 55.2 Å². The molecule has 20 heavy (non-hydrogen) atoms. The van der Waals surface area contributed by atoms with Gasteiger partial charge in [0.1, 0.15) is 0 Å². The number of hydrogen-bond acceptors (Lipinski definition) is 3. The Kier molecular flexibility index (Phi) is 3.28. The second kappa shape index (κ2) is 4.85. The van der Waals surface area contributed by atoms with E-state index in [9.17, 15) is 10.1 Å². The van der Waals surface area contributed by atoms with Crippen LogP contribution < -0.4 is 5.32 Å². The highest BCUT2D eigenvalue weighted by Crippen LogP contribution is 2.60. The zero-order valence-corrected chi connectivity index (χ0v) is 12.2. The largest absolute Gasteiger partial charge is 0.310 e. The molecule has 0 aliphatic heterocycles. The van der Waals surface area contributed by atoms with Gasteiger partial charge in [0.15, 0.2) is 0 Å². The van der Waals surface area contributed by atoms with Gasteiger partial charge < -0.3 is 5.32 Å². The Balaban J connectivity index is 1.66. The van der Waals surface area contributed by atoms with Gasteiger partial charge in [-0.05, 0) is 56.4 Å². The first-order valence-corrected chi connectivity index (χ1v) is 7.50. The number of nitro groups is 1. The number of aryl methyl sites for hydroxylation is 1. The second-order valence-corrected chi connectivity index (χ2v) is 6.54. The molecule has 0 heterocycles. The van der Waals surface area contributed by atoms with Crippen molar-refractivity contribution >= 4 is 5.69 Å². The summed E-state index contributed by atoms with van der Waals surface area (Å²) in [4.78, 5) is 10.7. The number of nitrogens with one attached hydrogen (secondary N) is 1. The van der Waals surface area contributed by atoms with E-state index in [1.165, 1.54) is 25.7 Å². The van der Waals surface area contributed by atoms with Gasteiger partial charge in [-0.3, -0.25) is 10.1 Å². The number of nitro benzene ring substituents is 1. The first-order chi connectivity index (χ1) is 9.52. The van der Waals surface area contributed by atoms with Gasteiger partial charge in [-0.2, -0.15) is 0 Å². The van der Waals surface area contributed by atoms with Crippen LogP contribution in [0.15, 0.2) is 18.2 Å². The van der Waals surface area contributed by atoms with Crippen LogP contribution in [0.4, 0.5) is 5.69 Å². The van der Waals surface area contributed by atoms with Gasteiger partial charge in [-0.25, -0.2) is 0 Å². The third-order valence-electron chi connectivity index (χ3n) is 5.03. The van der Waals surface area contributed by atoms with Crippen LogP contribution in [0.25, 0.3) is 0 Å². The van der Waals surface area contributed by atoms with Crippen LogP contribution in [0.2, 0.25) is 0 Å². The molecule has 0 saturated heterocycles. The van der Waals surface area contributed by atoms with Crippen LogP contribution in [0.5, 0.6) is 0 Å². The van der Waals surface area contributed by atoms with Gasteiger partial charge in [0.05, 0.1) is 4.92 Å². The molecule has 2 aliphatic carbocycles. The standard InChI is InChI=1S/C16H22N2O2/c1-11-3-4-13(9-15(11)18(19)20)12(2)17-10-16(7-8-16)14-5-6-14/h3-4,9,12,14,17H,5-8,10H2,1-2H3. The van der Waals surface area contributed by atoms with Crippen LogP contribution in [0.3, 0.4) is 0 Å². The van der Waals surface area contributed by atoms with Crippen molar-refractivity contribution in [1.82, 2.24) is 5.32 Å². The smallest absolute Gasteiger partial charge is 0.272 e. The fraction of sp³-hybridized carbons (Fsp3) is 0.625. The highest BCUT2D eigenvalue weighted by Gasteiger charge is 2.53. The molecule has 2 fully saturated rings. The molecule has 4 nitrogen and oxygen atoms in total. The van der Waals surface area contributed by atoms with Crippen LogP contribution in [-0.2, 0) is 0 Å². The summed E-state index contributed by atoms with van der Waals surface area (Å²) in [6.07, 6.45) is 5.50. The third-order valence-corrected chi connectivity index (χ3v) is 5.03. The van der Waals surface area contributed by atoms with Crippen LogP contribution in [0, 0.1) is 28.4 Å². The monoisotopic (exact) mass is 274 g/mol. The third kappa shape index (κ3) is 2.57. The zero-order chi connectivity index (χ0) is 14.3. The summed E-state index contributed by atoms with van der Waals surface area (Å²) in [5, 5.41) is 14.6. The van der Waals surface area contributed by atoms with Crippen molar-refractivity contribution in [3.05, 3.63) is 39.4 Å². The number of nitrogens with zero attached hydrogens (tertiary/aromatic N) is 1. The summed E-state index contributed by atoms with van der Waals surface area (Å²) in [6, 6.07) is 5.73. The molecule has 0 aromatic heterocycles. The van der Waals surface area contributed by atoms with Crippen LogP contribution in [0.1, 0.15) is 49.8 Å². The predicted molar refractivity (Wildman–Crippen MR) is 78.6 cm³/mol. The summed E-state index contributed by atoms with van der Waals surface area (Å²) in [5.41, 5.74) is 2.52. The molecule has 0 spiro atoms. The Morgan fingerprint density at radius 2 is 2.15 bits per heavy atom. The molecule has 0 amide bonds. The van der Waals surface area contributed by atoms with Crippen molar-refractivity contribution in [2.24, 2.45) is 11.3 Å². The van der Waals surface area contributed by atoms with Gasteiger partial charge in [0, 0.05) is 24.2 Å². The molecule has 2 aliphatic rings. The van der Waals surface area contributed by atoms with E-state index in [-0.39, 0.29) is 16.7 Å². The van der Waals surface area contributed by atoms with E-state index in [4.69, 9.17) is 0 Å². The minimum absolute atomic E-state index is 0.172. The van der Waals surface area contributed by atoms with Crippen molar-refractivity contribution in [1.29, 1.82) is 0 Å². The van der Waals surface area contributed by atoms with Crippen molar-refractivity contribution in [2.75, 3.05) is 6.54 Å². The molecule has 1 aromatic rings. The molecule has 4 heteroatoms. The van der Waals surface area contributed by atoms with E-state index in [0.29, 0.717) is 5.41 Å². The number of hydrogen-bond donors (Lipinski definition) is 1. The lowest BCUT2D eigenvalue weighted by atomic mass is 9.99. The molecular formula is C16H22N2O2. The molecule has 108 valence electrons. The molecule has 2 saturated carbocycles. The number of rotatable bonds is 6. The lowest BCUT2D eigenvalue weighted by Gasteiger charge is -2.20. The first-order valence-electron chi connectivity index (χ1n) is 7.50. The Morgan fingerprint density at radius 1 is 1.45 bits per heavy atom. The normalized spacial score (nSPS) is 21.5. The summed E-state index contributed by atoms with van der Waals surface area (Å²) >= 11 is 0. The molecule has 1 aromatic carbocycles. The van der Waals surface area contributed by atoms with E-state index in [1.54, 1.807) is 13.0 Å². The summed E-state index contributed by atoms with van der Waals surface area (Å²) in [5.74, 6) is 0.939. The molecular weight excluding hydrogens is 252 g/mol. The quantitative estimate of drug-likeness (QED) is 0.635. The fourth-order valence-corrected chi connectivity index (χ4v) is 3.15. The Labute approximate surface area is 119 Å². The summed E-state index contributed by atoms with van der Waals surface area (Å²) in [6.45, 7) is 4.93. The van der Waals surface area contributed by atoms with E-state index in [1.807, 2.05) is 12.1 Å². The van der Waals surface area contributed by atoms with E-state index in [2.05, 4.69) is 12.2 Å². The van der Waals surface area contributed by atoms with Gasteiger partial charge in [0.2, 0.25) is 0 Å². The average molecular weight is 274 g/mol. The van der Waals surface area contributed by atoms with E-state index >= 15 is 0 Å². The summed E-state index contributed by atoms with van der Waals surface area (Å²) in [7, 11) is 0. The van der Waals surface area contributed by atoms with Gasteiger partial charge >= 0.3 is 0 Å². The number of benzene rings is 1. The molecule has 0 bridgehead atoms. The Hall–Kier alpha value is -1.42. The second-order valence-electron chi connectivity index (χ2n) is 6.54. The highest BCUT2D eigenvalue weighted by molar-refractivity contribution is 5.43. The first kappa shape index (κ1) is 13.6. The SMILES string of the molecule is Cc1ccc(C(C)NCC2(C3CC3)CC2)cc1[N+](=O)[O-]. The van der Waals surface area contributed by atoms with Gasteiger partial charge in [-0.1, -0.05) is 12.1 Å². The predicted octanol–water partition coefficient (Wildman–Crippen LogP) is 3.74. The van der Waals surface area contributed by atoms with Gasteiger partial charge in [0.25, 0.3) is 5.69 Å². The Bertz CT molecular complexity index is 533. The van der Waals surface area contributed by atoms with Crippen molar-refractivity contribution in [2.45, 2.75) is 45.6 Å². The molecule has 1 atom stereocenters. The molecule has 1 N–H and O–H groups in total. The van der Waals surface area contributed by atoms with Crippen molar-refractivity contribution < 1.29 is 4.92 Å². The van der Waals surface area contributed by atoms with Crippen molar-refractivity contribution in [3.8, 4) is 0 Å².